The van der Waals surface area contributed by atoms with Crippen LogP contribution in [0.5, 0.6) is 0 Å². The maximum Gasteiger partial charge on any atom is 0.0458 e. The van der Waals surface area contributed by atoms with Crippen molar-refractivity contribution < 1.29 is 0 Å². The van der Waals surface area contributed by atoms with Gasteiger partial charge in [-0.05, 0) is 98.9 Å². The number of benzene rings is 4. The standard InChI is InChI=1S/C40H46N4/c1-43(29-32-13-5-3-6-14-32)25-23-31(21-22-35-28-34-17-9-11-19-38(34)41-35)27-40-37(36-18-10-12-20-39(36)42-40)24-26-44(2)30-33-15-7-4-8-16-33/h3-20,28,31,41-42H,21-27,29-30H2,1-2H3. The van der Waals surface area contributed by atoms with E-state index in [2.05, 4.69) is 149 Å². The Morgan fingerprint density at radius 1 is 0.591 bits per heavy atom. The first-order valence-corrected chi connectivity index (χ1v) is 16.2. The van der Waals surface area contributed by atoms with E-state index < -0.39 is 0 Å². The van der Waals surface area contributed by atoms with Crippen LogP contribution in [0.2, 0.25) is 0 Å². The molecule has 0 aliphatic carbocycles. The molecule has 6 rings (SSSR count). The highest BCUT2D eigenvalue weighted by Crippen LogP contribution is 2.28. The summed E-state index contributed by atoms with van der Waals surface area (Å²) >= 11 is 0. The Bertz CT molecular complexity index is 1700. The zero-order chi connectivity index (χ0) is 30.1. The van der Waals surface area contributed by atoms with Crippen LogP contribution >= 0.6 is 0 Å². The van der Waals surface area contributed by atoms with E-state index in [1.165, 1.54) is 56.3 Å². The lowest BCUT2D eigenvalue weighted by Gasteiger charge is -2.23. The number of nitrogens with zero attached hydrogens (tertiary/aromatic N) is 2. The molecule has 0 amide bonds. The van der Waals surface area contributed by atoms with Crippen LogP contribution in [0, 0.1) is 5.92 Å². The number of para-hydroxylation sites is 2. The van der Waals surface area contributed by atoms with E-state index in [1.54, 1.807) is 0 Å². The molecule has 2 aromatic heterocycles. The summed E-state index contributed by atoms with van der Waals surface area (Å²) in [5.74, 6) is 0.577. The zero-order valence-corrected chi connectivity index (χ0v) is 26.3. The summed E-state index contributed by atoms with van der Waals surface area (Å²) in [7, 11) is 4.51. The Hall–Kier alpha value is -4.12. The van der Waals surface area contributed by atoms with Gasteiger partial charge in [-0.25, -0.2) is 0 Å². The lowest BCUT2D eigenvalue weighted by atomic mass is 9.91. The third-order valence-electron chi connectivity index (χ3n) is 9.06. The van der Waals surface area contributed by atoms with Crippen molar-refractivity contribution in [1.82, 2.24) is 19.8 Å². The smallest absolute Gasteiger partial charge is 0.0458 e. The Balaban J connectivity index is 1.18. The summed E-state index contributed by atoms with van der Waals surface area (Å²) in [4.78, 5) is 12.5. The monoisotopic (exact) mass is 582 g/mol. The number of fused-ring (bicyclic) bond motifs is 2. The number of hydrogen-bond acceptors (Lipinski definition) is 2. The summed E-state index contributed by atoms with van der Waals surface area (Å²) in [6, 6.07) is 41.5. The van der Waals surface area contributed by atoms with Crippen molar-refractivity contribution in [2.45, 2.75) is 45.2 Å². The van der Waals surface area contributed by atoms with Crippen molar-refractivity contribution in [3.63, 3.8) is 0 Å². The molecule has 0 aliphatic rings. The number of aromatic nitrogens is 2. The van der Waals surface area contributed by atoms with Gasteiger partial charge >= 0.3 is 0 Å². The average molecular weight is 583 g/mol. The minimum Gasteiger partial charge on any atom is -0.358 e. The molecule has 1 atom stereocenters. The molecule has 0 bridgehead atoms. The van der Waals surface area contributed by atoms with E-state index in [1.807, 2.05) is 0 Å². The Kier molecular flexibility index (Phi) is 9.91. The van der Waals surface area contributed by atoms with Crippen molar-refractivity contribution in [2.24, 2.45) is 5.92 Å². The van der Waals surface area contributed by atoms with Crippen LogP contribution < -0.4 is 0 Å². The number of H-pyrrole nitrogens is 2. The third-order valence-corrected chi connectivity index (χ3v) is 9.06. The summed E-state index contributed by atoms with van der Waals surface area (Å²) in [5.41, 5.74) is 9.50. The summed E-state index contributed by atoms with van der Waals surface area (Å²) in [6.45, 7) is 4.07. The van der Waals surface area contributed by atoms with E-state index in [-0.39, 0.29) is 0 Å². The number of nitrogens with one attached hydrogen (secondary N) is 2. The van der Waals surface area contributed by atoms with Gasteiger partial charge in [0.1, 0.15) is 0 Å². The maximum atomic E-state index is 3.88. The highest BCUT2D eigenvalue weighted by atomic mass is 15.1. The third kappa shape index (κ3) is 7.88. The van der Waals surface area contributed by atoms with Gasteiger partial charge < -0.3 is 19.8 Å². The molecule has 0 saturated heterocycles. The number of aromatic amines is 2. The average Bonchev–Trinajstić information content (AvgIpc) is 3.63. The van der Waals surface area contributed by atoms with Crippen LogP contribution in [-0.2, 0) is 32.4 Å². The molecule has 0 radical (unpaired) electrons. The molecule has 44 heavy (non-hydrogen) atoms. The maximum absolute atomic E-state index is 3.88. The normalized spacial score (nSPS) is 12.5. The number of likely N-dealkylation sites (N-methyl/N-ethyl adjacent to an activating group) is 1. The van der Waals surface area contributed by atoms with Gasteiger partial charge in [0.15, 0.2) is 0 Å². The molecule has 6 aromatic rings. The van der Waals surface area contributed by atoms with Crippen LogP contribution in [0.15, 0.2) is 115 Å². The largest absolute Gasteiger partial charge is 0.358 e. The van der Waals surface area contributed by atoms with Crippen molar-refractivity contribution in [3.8, 4) is 0 Å². The SMILES string of the molecule is CN(CCc1c(CC(CCc2cc3ccccc3[nH]2)CCN(C)Cc2ccccc2)[nH]c2ccccc12)Cc1ccccc1. The van der Waals surface area contributed by atoms with Gasteiger partial charge in [0.2, 0.25) is 0 Å². The van der Waals surface area contributed by atoms with Crippen molar-refractivity contribution in [1.29, 1.82) is 0 Å². The fourth-order valence-corrected chi connectivity index (χ4v) is 6.63. The van der Waals surface area contributed by atoms with E-state index in [0.29, 0.717) is 5.92 Å². The first-order valence-electron chi connectivity index (χ1n) is 16.2. The molecule has 2 N–H and O–H groups in total. The minimum atomic E-state index is 0.577. The molecule has 0 saturated carbocycles. The first kappa shape index (κ1) is 29.9. The van der Waals surface area contributed by atoms with Gasteiger partial charge in [0.25, 0.3) is 0 Å². The molecule has 4 nitrogen and oxygen atoms in total. The van der Waals surface area contributed by atoms with E-state index in [0.717, 1.165) is 51.9 Å². The van der Waals surface area contributed by atoms with Gasteiger partial charge in [-0.1, -0.05) is 97.1 Å². The molecule has 4 heteroatoms. The topological polar surface area (TPSA) is 38.1 Å². The fourth-order valence-electron chi connectivity index (χ4n) is 6.63. The Labute approximate surface area is 262 Å². The molecule has 0 aliphatic heterocycles. The van der Waals surface area contributed by atoms with E-state index in [9.17, 15) is 0 Å². The van der Waals surface area contributed by atoms with E-state index in [4.69, 9.17) is 0 Å². The van der Waals surface area contributed by atoms with Crippen molar-refractivity contribution in [2.75, 3.05) is 27.2 Å². The molecule has 4 aromatic carbocycles. The van der Waals surface area contributed by atoms with Crippen molar-refractivity contribution in [3.05, 3.63) is 143 Å². The first-order chi connectivity index (χ1) is 21.6. The molecular weight excluding hydrogens is 536 g/mol. The molecule has 2 heterocycles. The van der Waals surface area contributed by atoms with Gasteiger partial charge in [0, 0.05) is 47.4 Å². The highest BCUT2D eigenvalue weighted by molar-refractivity contribution is 5.84. The number of rotatable bonds is 15. The second-order valence-electron chi connectivity index (χ2n) is 12.6. The number of hydrogen-bond donors (Lipinski definition) is 2. The molecule has 0 fully saturated rings. The fraction of sp³-hybridized carbons (Fsp3) is 0.300. The summed E-state index contributed by atoms with van der Waals surface area (Å²) in [5, 5.41) is 2.69. The van der Waals surface area contributed by atoms with Crippen LogP contribution in [0.25, 0.3) is 21.8 Å². The van der Waals surface area contributed by atoms with E-state index >= 15 is 0 Å². The summed E-state index contributed by atoms with van der Waals surface area (Å²) in [6.07, 6.45) is 5.52. The Morgan fingerprint density at radius 2 is 1.20 bits per heavy atom. The van der Waals surface area contributed by atoms with Crippen LogP contribution in [-0.4, -0.2) is 47.0 Å². The van der Waals surface area contributed by atoms with Crippen LogP contribution in [0.4, 0.5) is 0 Å². The molecule has 1 unspecified atom stereocenters. The van der Waals surface area contributed by atoms with Gasteiger partial charge in [-0.15, -0.1) is 0 Å². The van der Waals surface area contributed by atoms with Crippen molar-refractivity contribution >= 4 is 21.8 Å². The van der Waals surface area contributed by atoms with Gasteiger partial charge in [0.05, 0.1) is 0 Å². The minimum absolute atomic E-state index is 0.577. The second kappa shape index (κ2) is 14.6. The lowest BCUT2D eigenvalue weighted by Crippen LogP contribution is -2.23. The molecule has 0 spiro atoms. The van der Waals surface area contributed by atoms with Gasteiger partial charge in [-0.3, -0.25) is 0 Å². The van der Waals surface area contributed by atoms with Crippen LogP contribution in [0.3, 0.4) is 0 Å². The molecular formula is C40H46N4. The number of aryl methyl sites for hydroxylation is 1. The highest BCUT2D eigenvalue weighted by Gasteiger charge is 2.18. The zero-order valence-electron chi connectivity index (χ0n) is 26.3. The van der Waals surface area contributed by atoms with Gasteiger partial charge in [-0.2, -0.15) is 0 Å². The van der Waals surface area contributed by atoms with Crippen LogP contribution in [0.1, 0.15) is 40.9 Å². The quantitative estimate of drug-likeness (QED) is 0.127. The Morgan fingerprint density at radius 3 is 1.91 bits per heavy atom. The lowest BCUT2D eigenvalue weighted by molar-refractivity contribution is 0.285. The summed E-state index contributed by atoms with van der Waals surface area (Å²) < 4.78 is 0. The molecule has 226 valence electrons. The predicted molar refractivity (Wildman–Crippen MR) is 186 cm³/mol. The second-order valence-corrected chi connectivity index (χ2v) is 12.6. The predicted octanol–water partition coefficient (Wildman–Crippen LogP) is 8.64.